The van der Waals surface area contributed by atoms with Crippen LogP contribution in [-0.4, -0.2) is 17.5 Å². The second-order valence-electron chi connectivity index (χ2n) is 2.93. The van der Waals surface area contributed by atoms with E-state index in [-0.39, 0.29) is 12.5 Å². The maximum absolute atomic E-state index is 12.4. The first-order valence-corrected chi connectivity index (χ1v) is 4.13. The van der Waals surface area contributed by atoms with Gasteiger partial charge in [0.15, 0.2) is 0 Å². The summed E-state index contributed by atoms with van der Waals surface area (Å²) in [4.78, 5) is 14.0. The number of amides is 1. The van der Waals surface area contributed by atoms with E-state index in [1.165, 1.54) is 18.3 Å². The number of carbonyl (C=O) groups excluding carboxylic acids is 1. The molecule has 1 unspecified atom stereocenters. The van der Waals surface area contributed by atoms with Crippen molar-refractivity contribution in [1.29, 1.82) is 0 Å². The normalized spacial score (nSPS) is 12.1. The lowest BCUT2D eigenvalue weighted by molar-refractivity contribution is -0.122. The van der Waals surface area contributed by atoms with Crippen LogP contribution in [0.5, 0.6) is 5.75 Å². The minimum absolute atomic E-state index is 0.169. The molecule has 0 bridgehead atoms. The molecule has 1 aromatic heterocycles. The number of rotatable bonds is 4. The van der Waals surface area contributed by atoms with Crippen LogP contribution in [0.4, 0.5) is 4.39 Å². The summed E-state index contributed by atoms with van der Waals surface area (Å²) in [5.41, 5.74) is 5.03. The minimum Gasteiger partial charge on any atom is -0.491 e. The zero-order valence-corrected chi connectivity index (χ0v) is 7.74. The lowest BCUT2D eigenvalue weighted by Crippen LogP contribution is -2.25. The summed E-state index contributed by atoms with van der Waals surface area (Å²) in [5, 5.41) is 0. The zero-order chi connectivity index (χ0) is 10.6. The van der Waals surface area contributed by atoms with Gasteiger partial charge in [-0.3, -0.25) is 4.79 Å². The Hall–Kier alpha value is -1.65. The molecule has 76 valence electrons. The third-order valence-corrected chi connectivity index (χ3v) is 1.69. The summed E-state index contributed by atoms with van der Waals surface area (Å²) < 4.78 is 17.5. The Morgan fingerprint density at radius 2 is 2.43 bits per heavy atom. The first kappa shape index (κ1) is 10.4. The predicted octanol–water partition coefficient (Wildman–Crippen LogP) is 0.721. The molecule has 4 nitrogen and oxygen atoms in total. The van der Waals surface area contributed by atoms with Crippen molar-refractivity contribution in [2.24, 2.45) is 11.7 Å². The number of hydrogen-bond donors (Lipinski definition) is 1. The van der Waals surface area contributed by atoms with Crippen LogP contribution in [0, 0.1) is 11.9 Å². The van der Waals surface area contributed by atoms with Crippen molar-refractivity contribution >= 4 is 5.91 Å². The highest BCUT2D eigenvalue weighted by molar-refractivity contribution is 5.76. The Morgan fingerprint density at radius 3 is 2.93 bits per heavy atom. The Bertz CT molecular complexity index is 313. The topological polar surface area (TPSA) is 65.2 Å². The molecule has 0 saturated heterocycles. The zero-order valence-electron chi connectivity index (χ0n) is 7.74. The quantitative estimate of drug-likeness (QED) is 0.725. The monoisotopic (exact) mass is 198 g/mol. The number of carbonyl (C=O) groups is 1. The largest absolute Gasteiger partial charge is 0.491 e. The molecule has 0 spiro atoms. The van der Waals surface area contributed by atoms with Crippen molar-refractivity contribution in [2.45, 2.75) is 6.92 Å². The summed E-state index contributed by atoms with van der Waals surface area (Å²) in [6.07, 6.45) is 1.25. The highest BCUT2D eigenvalue weighted by atomic mass is 19.1. The van der Waals surface area contributed by atoms with E-state index < -0.39 is 11.9 Å². The average molecular weight is 198 g/mol. The summed E-state index contributed by atoms with van der Waals surface area (Å²) in [7, 11) is 0. The molecule has 0 aromatic carbocycles. The smallest absolute Gasteiger partial charge is 0.223 e. The van der Waals surface area contributed by atoms with Gasteiger partial charge < -0.3 is 10.5 Å². The number of aromatic nitrogens is 1. The van der Waals surface area contributed by atoms with Crippen LogP contribution in [0.1, 0.15) is 6.92 Å². The number of hydrogen-bond acceptors (Lipinski definition) is 3. The molecule has 1 rings (SSSR count). The molecule has 2 N–H and O–H groups in total. The summed E-state index contributed by atoms with van der Waals surface area (Å²) in [6.45, 7) is 1.82. The van der Waals surface area contributed by atoms with Crippen LogP contribution in [0.3, 0.4) is 0 Å². The minimum atomic E-state index is -0.569. The van der Waals surface area contributed by atoms with Crippen molar-refractivity contribution < 1.29 is 13.9 Å². The highest BCUT2D eigenvalue weighted by Crippen LogP contribution is 2.09. The second kappa shape index (κ2) is 4.55. The van der Waals surface area contributed by atoms with E-state index in [9.17, 15) is 9.18 Å². The van der Waals surface area contributed by atoms with Crippen molar-refractivity contribution in [3.05, 3.63) is 24.3 Å². The van der Waals surface area contributed by atoms with Crippen molar-refractivity contribution in [2.75, 3.05) is 6.61 Å². The van der Waals surface area contributed by atoms with Gasteiger partial charge >= 0.3 is 0 Å². The van der Waals surface area contributed by atoms with Gasteiger partial charge in [0.25, 0.3) is 0 Å². The van der Waals surface area contributed by atoms with Crippen LogP contribution >= 0.6 is 0 Å². The molecule has 0 aliphatic rings. The number of halogens is 1. The third-order valence-electron chi connectivity index (χ3n) is 1.69. The summed E-state index contributed by atoms with van der Waals surface area (Å²) >= 11 is 0. The Morgan fingerprint density at radius 1 is 1.71 bits per heavy atom. The molecule has 0 fully saturated rings. The molecule has 1 amide bonds. The van der Waals surface area contributed by atoms with Gasteiger partial charge in [0.1, 0.15) is 5.75 Å². The SMILES string of the molecule is CC(COc1ccc(F)nc1)C(N)=O. The van der Waals surface area contributed by atoms with E-state index >= 15 is 0 Å². The van der Waals surface area contributed by atoms with Crippen LogP contribution in [0.15, 0.2) is 18.3 Å². The summed E-state index contributed by atoms with van der Waals surface area (Å²) in [6, 6.07) is 2.63. The van der Waals surface area contributed by atoms with Gasteiger partial charge in [-0.05, 0) is 12.1 Å². The van der Waals surface area contributed by atoms with E-state index in [2.05, 4.69) is 4.98 Å². The maximum Gasteiger partial charge on any atom is 0.223 e. The fraction of sp³-hybridized carbons (Fsp3) is 0.333. The second-order valence-corrected chi connectivity index (χ2v) is 2.93. The molecule has 0 saturated carbocycles. The molecule has 0 aliphatic heterocycles. The van der Waals surface area contributed by atoms with E-state index in [4.69, 9.17) is 10.5 Å². The molecule has 1 atom stereocenters. The fourth-order valence-corrected chi connectivity index (χ4v) is 0.751. The fourth-order valence-electron chi connectivity index (χ4n) is 0.751. The molecule has 5 heteroatoms. The Kier molecular flexibility index (Phi) is 3.39. The van der Waals surface area contributed by atoms with Gasteiger partial charge in [0, 0.05) is 0 Å². The number of primary amides is 1. The molecule has 0 aliphatic carbocycles. The lowest BCUT2D eigenvalue weighted by atomic mass is 10.2. The first-order chi connectivity index (χ1) is 6.59. The van der Waals surface area contributed by atoms with Gasteiger partial charge in [-0.2, -0.15) is 4.39 Å². The van der Waals surface area contributed by atoms with Gasteiger partial charge in [-0.25, -0.2) is 4.98 Å². The van der Waals surface area contributed by atoms with Crippen LogP contribution in [-0.2, 0) is 4.79 Å². The first-order valence-electron chi connectivity index (χ1n) is 4.13. The molecular formula is C9H11FN2O2. The van der Waals surface area contributed by atoms with Gasteiger partial charge in [0.2, 0.25) is 11.9 Å². The average Bonchev–Trinajstić information content (AvgIpc) is 2.16. The van der Waals surface area contributed by atoms with Gasteiger partial charge in [-0.15, -0.1) is 0 Å². The summed E-state index contributed by atoms with van der Waals surface area (Å²) in [5.74, 6) is -0.958. The number of pyridine rings is 1. The maximum atomic E-state index is 12.4. The van der Waals surface area contributed by atoms with Gasteiger partial charge in [0.05, 0.1) is 18.7 Å². The molecule has 14 heavy (non-hydrogen) atoms. The molecular weight excluding hydrogens is 187 g/mol. The van der Waals surface area contributed by atoms with Crippen molar-refractivity contribution in [1.82, 2.24) is 4.98 Å². The predicted molar refractivity (Wildman–Crippen MR) is 48.0 cm³/mol. The Balaban J connectivity index is 2.46. The standard InChI is InChI=1S/C9H11FN2O2/c1-6(9(11)13)5-14-7-2-3-8(10)12-4-7/h2-4,6H,5H2,1H3,(H2,11,13). The number of ether oxygens (including phenoxy) is 1. The van der Waals surface area contributed by atoms with Crippen LogP contribution in [0.2, 0.25) is 0 Å². The lowest BCUT2D eigenvalue weighted by Gasteiger charge is -2.08. The number of nitrogens with zero attached hydrogens (tertiary/aromatic N) is 1. The molecule has 0 radical (unpaired) electrons. The van der Waals surface area contributed by atoms with Crippen LogP contribution < -0.4 is 10.5 Å². The number of nitrogens with two attached hydrogens (primary N) is 1. The van der Waals surface area contributed by atoms with E-state index in [1.807, 2.05) is 0 Å². The van der Waals surface area contributed by atoms with Gasteiger partial charge in [-0.1, -0.05) is 6.92 Å². The van der Waals surface area contributed by atoms with Crippen LogP contribution in [0.25, 0.3) is 0 Å². The van der Waals surface area contributed by atoms with E-state index in [0.717, 1.165) is 0 Å². The molecule has 1 heterocycles. The highest BCUT2D eigenvalue weighted by Gasteiger charge is 2.09. The van der Waals surface area contributed by atoms with Crippen molar-refractivity contribution in [3.8, 4) is 5.75 Å². The van der Waals surface area contributed by atoms with Crippen molar-refractivity contribution in [3.63, 3.8) is 0 Å². The van der Waals surface area contributed by atoms with E-state index in [0.29, 0.717) is 5.75 Å². The molecule has 1 aromatic rings. The Labute approximate surface area is 80.9 Å². The van der Waals surface area contributed by atoms with E-state index in [1.54, 1.807) is 6.92 Å². The third kappa shape index (κ3) is 3.01.